The summed E-state index contributed by atoms with van der Waals surface area (Å²) in [5, 5.41) is 23.7. The second-order valence-electron chi connectivity index (χ2n) is 9.15. The van der Waals surface area contributed by atoms with Gasteiger partial charge in [-0.05, 0) is 35.9 Å². The smallest absolute Gasteiger partial charge is 0.297 e. The first kappa shape index (κ1) is 26.8. The number of pyridine rings is 1. The molecule has 4 rings (SSSR count). The zero-order chi connectivity index (χ0) is 27.3. The highest BCUT2D eigenvalue weighted by atomic mass is 16.5. The second-order valence-corrected chi connectivity index (χ2v) is 9.15. The predicted octanol–water partition coefficient (Wildman–Crippen LogP) is 2.59. The number of benzene rings is 2. The van der Waals surface area contributed by atoms with Crippen molar-refractivity contribution in [3.8, 4) is 11.4 Å². The van der Waals surface area contributed by atoms with Crippen LogP contribution in [0.1, 0.15) is 24.5 Å². The van der Waals surface area contributed by atoms with Crippen LogP contribution in [0.25, 0.3) is 5.69 Å². The molecule has 1 aliphatic heterocycles. The van der Waals surface area contributed by atoms with Crippen molar-refractivity contribution in [1.29, 1.82) is 0 Å². The first-order valence-corrected chi connectivity index (χ1v) is 12.3. The molecule has 9 heteroatoms. The average Bonchev–Trinajstić information content (AvgIpc) is 3.19. The maximum absolute atomic E-state index is 12.9. The predicted molar refractivity (Wildman–Crippen MR) is 143 cm³/mol. The Morgan fingerprint density at radius 2 is 1.92 bits per heavy atom. The van der Waals surface area contributed by atoms with E-state index in [0.29, 0.717) is 23.5 Å². The number of carbonyl (C=O) groups is 2. The molecule has 0 unspecified atom stereocenters. The van der Waals surface area contributed by atoms with Gasteiger partial charge in [0, 0.05) is 48.6 Å². The molecule has 3 aromatic rings. The van der Waals surface area contributed by atoms with Crippen molar-refractivity contribution in [2.45, 2.75) is 25.5 Å². The van der Waals surface area contributed by atoms with E-state index in [-0.39, 0.29) is 36.8 Å². The molecular formula is C29H31N3O6. The monoisotopic (exact) mass is 517 g/mol. The highest BCUT2D eigenvalue weighted by Gasteiger charge is 2.48. The molecule has 1 aromatic heterocycles. The van der Waals surface area contributed by atoms with Crippen molar-refractivity contribution < 1.29 is 24.5 Å². The molecule has 0 bridgehead atoms. The lowest BCUT2D eigenvalue weighted by molar-refractivity contribution is -0.137. The minimum atomic E-state index is -1.90. The molecule has 198 valence electrons. The first-order valence-electron chi connectivity index (χ1n) is 12.3. The number of hydrogen-bond donors (Lipinski definition) is 3. The lowest BCUT2D eigenvalue weighted by Gasteiger charge is -2.26. The van der Waals surface area contributed by atoms with E-state index in [1.807, 2.05) is 30.3 Å². The van der Waals surface area contributed by atoms with Crippen LogP contribution in [-0.2, 0) is 21.7 Å². The summed E-state index contributed by atoms with van der Waals surface area (Å²) in [5.41, 5.74) is -0.0668. The molecule has 1 aliphatic rings. The molecule has 0 fully saturated rings. The van der Waals surface area contributed by atoms with Gasteiger partial charge in [0.2, 0.25) is 5.91 Å². The Labute approximate surface area is 220 Å². The number of amides is 2. The van der Waals surface area contributed by atoms with Crippen LogP contribution in [-0.4, -0.2) is 51.8 Å². The summed E-state index contributed by atoms with van der Waals surface area (Å²) < 4.78 is 6.50. The maximum atomic E-state index is 12.9. The molecule has 2 aromatic carbocycles. The van der Waals surface area contributed by atoms with Crippen molar-refractivity contribution in [3.63, 3.8) is 0 Å². The number of aliphatic hydroxyl groups is 2. The summed E-state index contributed by atoms with van der Waals surface area (Å²) in [6, 6.07) is 17.6. The van der Waals surface area contributed by atoms with Gasteiger partial charge in [0.15, 0.2) is 11.4 Å². The SMILES string of the molecule is COc1cccn(-c2ccc3c(c2)[C@](O)([C@@H](C)/C=C/CC(=O)N(CCO)Cc2ccccc2)C(=O)N3)c1=O. The standard InChI is InChI=1S/C29H31N3O6/c1-20(8-6-12-26(34)31(16-17-33)19-21-9-4-3-5-10-21)29(37)23-18-22(13-14-24(23)30-28(29)36)32-15-7-11-25(38-2)27(32)35/h3-11,13-15,18,20,33,37H,12,16-17,19H2,1-2H3,(H,30,36)/b8-6+/t20-,29+/m0/s1. The van der Waals surface area contributed by atoms with Crippen LogP contribution in [0, 0.1) is 5.92 Å². The molecule has 0 saturated heterocycles. The fourth-order valence-corrected chi connectivity index (χ4v) is 4.59. The lowest BCUT2D eigenvalue weighted by atomic mass is 9.82. The number of anilines is 1. The number of aliphatic hydroxyl groups excluding tert-OH is 1. The van der Waals surface area contributed by atoms with Gasteiger partial charge in [-0.25, -0.2) is 0 Å². The van der Waals surface area contributed by atoms with Crippen LogP contribution in [0.5, 0.6) is 5.75 Å². The van der Waals surface area contributed by atoms with Gasteiger partial charge in [0.1, 0.15) is 0 Å². The van der Waals surface area contributed by atoms with Gasteiger partial charge in [-0.15, -0.1) is 0 Å². The van der Waals surface area contributed by atoms with Gasteiger partial charge in [0.05, 0.1) is 13.7 Å². The molecule has 2 atom stereocenters. The van der Waals surface area contributed by atoms with Crippen molar-refractivity contribution in [3.05, 3.63) is 100 Å². The van der Waals surface area contributed by atoms with Gasteiger partial charge >= 0.3 is 0 Å². The van der Waals surface area contributed by atoms with Crippen molar-refractivity contribution in [2.75, 3.05) is 25.6 Å². The summed E-state index contributed by atoms with van der Waals surface area (Å²) in [6.45, 7) is 2.10. The number of nitrogens with one attached hydrogen (secondary N) is 1. The van der Waals surface area contributed by atoms with Crippen molar-refractivity contribution in [1.82, 2.24) is 9.47 Å². The Bertz CT molecular complexity index is 1400. The largest absolute Gasteiger partial charge is 0.491 e. The molecule has 3 N–H and O–H groups in total. The molecule has 9 nitrogen and oxygen atoms in total. The topological polar surface area (TPSA) is 121 Å². The van der Waals surface area contributed by atoms with E-state index in [0.717, 1.165) is 5.56 Å². The molecular weight excluding hydrogens is 486 g/mol. The molecule has 0 radical (unpaired) electrons. The van der Waals surface area contributed by atoms with Gasteiger partial charge in [0.25, 0.3) is 11.5 Å². The third kappa shape index (κ3) is 5.25. The highest BCUT2D eigenvalue weighted by Crippen LogP contribution is 2.42. The molecule has 0 saturated carbocycles. The maximum Gasteiger partial charge on any atom is 0.297 e. The highest BCUT2D eigenvalue weighted by molar-refractivity contribution is 6.05. The van der Waals surface area contributed by atoms with Crippen LogP contribution < -0.4 is 15.6 Å². The van der Waals surface area contributed by atoms with Crippen LogP contribution in [0.2, 0.25) is 0 Å². The lowest BCUT2D eigenvalue weighted by Crippen LogP contribution is -2.40. The Hall–Kier alpha value is -4.21. The van der Waals surface area contributed by atoms with Crippen LogP contribution in [0.15, 0.2) is 83.8 Å². The van der Waals surface area contributed by atoms with E-state index in [1.165, 1.54) is 11.7 Å². The van der Waals surface area contributed by atoms with E-state index >= 15 is 0 Å². The average molecular weight is 518 g/mol. The van der Waals surface area contributed by atoms with E-state index in [4.69, 9.17) is 4.74 Å². The fraction of sp³-hybridized carbons (Fsp3) is 0.276. The van der Waals surface area contributed by atoms with Gasteiger partial charge in [-0.1, -0.05) is 49.4 Å². The molecule has 2 heterocycles. The van der Waals surface area contributed by atoms with E-state index in [9.17, 15) is 24.6 Å². The number of methoxy groups -OCH3 is 1. The third-order valence-corrected chi connectivity index (χ3v) is 6.73. The quantitative estimate of drug-likeness (QED) is 0.356. The number of fused-ring (bicyclic) bond motifs is 1. The van der Waals surface area contributed by atoms with Crippen LogP contribution >= 0.6 is 0 Å². The number of carbonyl (C=O) groups excluding carboxylic acids is 2. The Morgan fingerprint density at radius 3 is 2.63 bits per heavy atom. The minimum Gasteiger partial charge on any atom is -0.491 e. The van der Waals surface area contributed by atoms with Crippen molar-refractivity contribution in [2.24, 2.45) is 5.92 Å². The zero-order valence-corrected chi connectivity index (χ0v) is 21.3. The first-order chi connectivity index (χ1) is 18.3. The Morgan fingerprint density at radius 1 is 1.16 bits per heavy atom. The summed E-state index contributed by atoms with van der Waals surface area (Å²) in [5.74, 6) is -1.29. The number of nitrogens with zero attached hydrogens (tertiary/aromatic N) is 2. The molecule has 38 heavy (non-hydrogen) atoms. The van der Waals surface area contributed by atoms with E-state index in [1.54, 1.807) is 60.5 Å². The fourth-order valence-electron chi connectivity index (χ4n) is 4.59. The second kappa shape index (κ2) is 11.5. The molecule has 2 amide bonds. The molecule has 0 spiro atoms. The third-order valence-electron chi connectivity index (χ3n) is 6.73. The van der Waals surface area contributed by atoms with Gasteiger partial charge in [-0.3, -0.25) is 19.0 Å². The Kier molecular flexibility index (Phi) is 8.09. The van der Waals surface area contributed by atoms with Crippen LogP contribution in [0.4, 0.5) is 5.69 Å². The number of ether oxygens (including phenoxy) is 1. The zero-order valence-electron chi connectivity index (χ0n) is 21.3. The summed E-state index contributed by atoms with van der Waals surface area (Å²) in [6.07, 6.45) is 4.89. The Balaban J connectivity index is 1.54. The summed E-state index contributed by atoms with van der Waals surface area (Å²) >= 11 is 0. The van der Waals surface area contributed by atoms with E-state index in [2.05, 4.69) is 5.32 Å². The van der Waals surface area contributed by atoms with Crippen LogP contribution in [0.3, 0.4) is 0 Å². The van der Waals surface area contributed by atoms with Gasteiger partial charge < -0.3 is 25.2 Å². The normalized spacial score (nSPS) is 17.2. The van der Waals surface area contributed by atoms with Crippen molar-refractivity contribution >= 4 is 17.5 Å². The summed E-state index contributed by atoms with van der Waals surface area (Å²) in [7, 11) is 1.41. The number of aromatic nitrogens is 1. The minimum absolute atomic E-state index is 0.0426. The molecule has 0 aliphatic carbocycles. The summed E-state index contributed by atoms with van der Waals surface area (Å²) in [4.78, 5) is 40.0. The number of hydrogen-bond acceptors (Lipinski definition) is 6. The number of rotatable bonds is 10. The van der Waals surface area contributed by atoms with Gasteiger partial charge in [-0.2, -0.15) is 0 Å². The van der Waals surface area contributed by atoms with E-state index < -0.39 is 17.4 Å².